The number of anilines is 1. The number of hydrogen-bond donors (Lipinski definition) is 0. The monoisotopic (exact) mass is 342 g/mol. The first kappa shape index (κ1) is 17.5. The van der Waals surface area contributed by atoms with Gasteiger partial charge < -0.3 is 9.64 Å². The average Bonchev–Trinajstić information content (AvgIpc) is 2.91. The van der Waals surface area contributed by atoms with Crippen LogP contribution in [0.4, 0.5) is 10.5 Å². The van der Waals surface area contributed by atoms with E-state index in [1.165, 1.54) is 11.3 Å². The maximum absolute atomic E-state index is 12.6. The van der Waals surface area contributed by atoms with Crippen LogP contribution in [-0.4, -0.2) is 36.0 Å². The van der Waals surface area contributed by atoms with Gasteiger partial charge in [0.2, 0.25) is 0 Å². The number of hydrogen-bond acceptors (Lipinski definition) is 4. The molecule has 1 aromatic carbocycles. The molecule has 0 spiro atoms. The van der Waals surface area contributed by atoms with Gasteiger partial charge in [-0.3, -0.25) is 4.79 Å². The zero-order valence-electron chi connectivity index (χ0n) is 15.0. The number of imide groups is 1. The minimum Gasteiger partial charge on any atom is -0.404 e. The van der Waals surface area contributed by atoms with Crippen LogP contribution in [0.25, 0.3) is 6.08 Å². The van der Waals surface area contributed by atoms with Gasteiger partial charge in [-0.05, 0) is 50.5 Å². The smallest absolute Gasteiger partial charge is 0.404 e. The van der Waals surface area contributed by atoms with Crippen molar-refractivity contribution < 1.29 is 14.3 Å². The fourth-order valence-electron chi connectivity index (χ4n) is 3.66. The number of benzene rings is 1. The zero-order valence-corrected chi connectivity index (χ0v) is 15.0. The number of carbonyl (C=O) groups excluding carboxylic acids is 2. The summed E-state index contributed by atoms with van der Waals surface area (Å²) in [7, 11) is 0. The number of ether oxygens (including phenoxy) is 1. The summed E-state index contributed by atoms with van der Waals surface area (Å²) >= 11 is 0. The van der Waals surface area contributed by atoms with Gasteiger partial charge in [-0.25, -0.2) is 9.69 Å². The van der Waals surface area contributed by atoms with Gasteiger partial charge in [0, 0.05) is 24.8 Å². The van der Waals surface area contributed by atoms with Crippen molar-refractivity contribution >= 4 is 23.8 Å². The number of carbonyl (C=O) groups is 2. The molecule has 0 radical (unpaired) electrons. The van der Waals surface area contributed by atoms with E-state index in [9.17, 15) is 9.59 Å². The average molecular weight is 342 g/mol. The van der Waals surface area contributed by atoms with Gasteiger partial charge in [0.25, 0.3) is 5.91 Å². The van der Waals surface area contributed by atoms with Crippen LogP contribution in [-0.2, 0) is 9.53 Å². The highest BCUT2D eigenvalue weighted by molar-refractivity contribution is 6.10. The zero-order chi connectivity index (χ0) is 17.8. The molecule has 2 aliphatic rings. The molecule has 1 aromatic rings. The van der Waals surface area contributed by atoms with Crippen molar-refractivity contribution in [3.8, 4) is 0 Å². The Balaban J connectivity index is 1.75. The van der Waals surface area contributed by atoms with Crippen molar-refractivity contribution in [3.05, 3.63) is 35.6 Å². The summed E-state index contributed by atoms with van der Waals surface area (Å²) in [6.07, 6.45) is 6.20. The summed E-state index contributed by atoms with van der Waals surface area (Å²) in [5.74, 6) is -0.170. The van der Waals surface area contributed by atoms with Gasteiger partial charge >= 0.3 is 6.09 Å². The highest BCUT2D eigenvalue weighted by atomic mass is 16.6. The topological polar surface area (TPSA) is 49.9 Å². The lowest BCUT2D eigenvalue weighted by atomic mass is 9.94. The van der Waals surface area contributed by atoms with E-state index in [-0.39, 0.29) is 17.7 Å². The van der Waals surface area contributed by atoms with Crippen molar-refractivity contribution in [2.45, 2.75) is 52.0 Å². The van der Waals surface area contributed by atoms with Crippen molar-refractivity contribution in [1.29, 1.82) is 0 Å². The van der Waals surface area contributed by atoms with Gasteiger partial charge in [0.15, 0.2) is 5.76 Å². The molecule has 1 saturated carbocycles. The minimum absolute atomic E-state index is 0.00954. The number of amides is 2. The fourth-order valence-corrected chi connectivity index (χ4v) is 3.66. The molecular weight excluding hydrogens is 316 g/mol. The van der Waals surface area contributed by atoms with Crippen LogP contribution in [0.3, 0.4) is 0 Å². The summed E-state index contributed by atoms with van der Waals surface area (Å²) < 4.78 is 5.25. The van der Waals surface area contributed by atoms with Gasteiger partial charge in [0.1, 0.15) is 0 Å². The fraction of sp³-hybridized carbons (Fsp3) is 0.500. The summed E-state index contributed by atoms with van der Waals surface area (Å²) in [5.41, 5.74) is 2.00. The lowest BCUT2D eigenvalue weighted by molar-refractivity contribution is -0.125. The first-order valence-corrected chi connectivity index (χ1v) is 9.26. The third-order valence-corrected chi connectivity index (χ3v) is 5.08. The third-order valence-electron chi connectivity index (χ3n) is 5.08. The van der Waals surface area contributed by atoms with Crippen LogP contribution in [0.5, 0.6) is 0 Å². The van der Waals surface area contributed by atoms with Gasteiger partial charge in [-0.1, -0.05) is 31.4 Å². The second kappa shape index (κ2) is 7.72. The SMILES string of the molecule is CCN(CC)c1ccc(C=C2OC(=O)N(C3CCCCC3)C2=O)cc1. The normalized spacial score (nSPS) is 20.2. The second-order valence-electron chi connectivity index (χ2n) is 6.61. The first-order valence-electron chi connectivity index (χ1n) is 9.26. The van der Waals surface area contributed by atoms with Gasteiger partial charge in [-0.15, -0.1) is 0 Å². The lowest BCUT2D eigenvalue weighted by Gasteiger charge is -2.27. The van der Waals surface area contributed by atoms with E-state index in [1.54, 1.807) is 6.08 Å². The highest BCUT2D eigenvalue weighted by Gasteiger charge is 2.41. The predicted molar refractivity (Wildman–Crippen MR) is 98.2 cm³/mol. The Labute approximate surface area is 149 Å². The molecular formula is C20H26N2O3. The second-order valence-corrected chi connectivity index (χ2v) is 6.61. The van der Waals surface area contributed by atoms with E-state index in [4.69, 9.17) is 4.74 Å². The van der Waals surface area contributed by atoms with E-state index in [0.717, 1.165) is 50.0 Å². The molecule has 25 heavy (non-hydrogen) atoms. The van der Waals surface area contributed by atoms with Crippen molar-refractivity contribution in [2.75, 3.05) is 18.0 Å². The van der Waals surface area contributed by atoms with Crippen LogP contribution in [0.2, 0.25) is 0 Å². The molecule has 1 saturated heterocycles. The molecule has 5 heteroatoms. The molecule has 0 bridgehead atoms. The molecule has 5 nitrogen and oxygen atoms in total. The Morgan fingerprint density at radius 3 is 2.32 bits per heavy atom. The lowest BCUT2D eigenvalue weighted by Crippen LogP contribution is -2.40. The molecule has 2 amide bonds. The quantitative estimate of drug-likeness (QED) is 0.753. The molecule has 1 aliphatic carbocycles. The van der Waals surface area contributed by atoms with Gasteiger partial charge in [0.05, 0.1) is 0 Å². The first-order chi connectivity index (χ1) is 12.1. The number of cyclic esters (lactones) is 1. The maximum atomic E-state index is 12.6. The van der Waals surface area contributed by atoms with Crippen molar-refractivity contribution in [3.63, 3.8) is 0 Å². The Bertz CT molecular complexity index is 656. The Kier molecular flexibility index (Phi) is 5.41. The van der Waals surface area contributed by atoms with E-state index in [2.05, 4.69) is 18.7 Å². The number of rotatable bonds is 5. The molecule has 0 unspecified atom stereocenters. The van der Waals surface area contributed by atoms with E-state index in [1.807, 2.05) is 24.3 Å². The molecule has 134 valence electrons. The standard InChI is InChI=1S/C20H26N2O3/c1-3-21(4-2)16-12-10-15(11-13-16)14-18-19(23)22(20(24)25-18)17-8-6-5-7-9-17/h10-14,17H,3-9H2,1-2H3. The molecule has 2 fully saturated rings. The Morgan fingerprint density at radius 2 is 1.72 bits per heavy atom. The number of nitrogens with zero attached hydrogens (tertiary/aromatic N) is 2. The molecule has 1 aliphatic heterocycles. The summed E-state index contributed by atoms with van der Waals surface area (Å²) in [5, 5.41) is 0. The van der Waals surface area contributed by atoms with Crippen LogP contribution in [0, 0.1) is 0 Å². The highest BCUT2D eigenvalue weighted by Crippen LogP contribution is 2.29. The van der Waals surface area contributed by atoms with Crippen molar-refractivity contribution in [2.24, 2.45) is 0 Å². The predicted octanol–water partition coefficient (Wildman–Crippen LogP) is 4.19. The van der Waals surface area contributed by atoms with Crippen LogP contribution in [0.1, 0.15) is 51.5 Å². The molecule has 0 aromatic heterocycles. The largest absolute Gasteiger partial charge is 0.422 e. The molecule has 3 rings (SSSR count). The Morgan fingerprint density at radius 1 is 1.08 bits per heavy atom. The summed E-state index contributed by atoms with van der Waals surface area (Å²) in [4.78, 5) is 28.3. The maximum Gasteiger partial charge on any atom is 0.422 e. The Hall–Kier alpha value is -2.30. The molecule has 1 heterocycles. The van der Waals surface area contributed by atoms with Crippen molar-refractivity contribution in [1.82, 2.24) is 4.90 Å². The summed E-state index contributed by atoms with van der Waals surface area (Å²) in [6.45, 7) is 6.14. The van der Waals surface area contributed by atoms with Gasteiger partial charge in [-0.2, -0.15) is 0 Å². The molecule has 0 atom stereocenters. The van der Waals surface area contributed by atoms with E-state index < -0.39 is 6.09 Å². The summed E-state index contributed by atoms with van der Waals surface area (Å²) in [6, 6.07) is 7.94. The minimum atomic E-state index is -0.525. The molecule has 0 N–H and O–H groups in total. The van der Waals surface area contributed by atoms with E-state index in [0.29, 0.717) is 0 Å². The third kappa shape index (κ3) is 3.70. The van der Waals surface area contributed by atoms with Crippen LogP contribution in [0.15, 0.2) is 30.0 Å². The van der Waals surface area contributed by atoms with E-state index >= 15 is 0 Å². The van der Waals surface area contributed by atoms with Crippen LogP contribution >= 0.6 is 0 Å². The van der Waals surface area contributed by atoms with Crippen LogP contribution < -0.4 is 4.90 Å².